The van der Waals surface area contributed by atoms with Crippen molar-refractivity contribution in [2.24, 2.45) is 0 Å². The molecule has 0 bridgehead atoms. The number of nitrogens with one attached hydrogen (secondary N) is 1. The number of aromatic nitrogens is 2. The molecule has 3 N–H and O–H groups in total. The minimum absolute atomic E-state index is 0.158. The lowest BCUT2D eigenvalue weighted by molar-refractivity contribution is 0.403. The number of phenols is 2. The van der Waals surface area contributed by atoms with Crippen molar-refractivity contribution in [1.82, 2.24) is 8.75 Å². The van der Waals surface area contributed by atoms with E-state index in [1.807, 2.05) is 0 Å². The number of nitrogens with zero attached hydrogens (tertiary/aromatic N) is 2. The molecule has 1 aromatic heterocycles. The molecule has 0 radical (unpaired) electrons. The van der Waals surface area contributed by atoms with Gasteiger partial charge in [0.2, 0.25) is 0 Å². The summed E-state index contributed by atoms with van der Waals surface area (Å²) in [5.74, 6) is -0.327. The van der Waals surface area contributed by atoms with Gasteiger partial charge in [0.25, 0.3) is 0 Å². The summed E-state index contributed by atoms with van der Waals surface area (Å²) in [6.45, 7) is 0.405. The van der Waals surface area contributed by atoms with Crippen LogP contribution in [0.5, 0.6) is 11.5 Å². The van der Waals surface area contributed by atoms with Crippen molar-refractivity contribution < 1.29 is 10.2 Å². The van der Waals surface area contributed by atoms with Crippen LogP contribution in [0.15, 0.2) is 24.3 Å². The van der Waals surface area contributed by atoms with Crippen molar-refractivity contribution >= 4 is 51.7 Å². The molecule has 0 unspecified atom stereocenters. The Morgan fingerprint density at radius 3 is 2.52 bits per heavy atom. The quantitative estimate of drug-likeness (QED) is 0.627. The summed E-state index contributed by atoms with van der Waals surface area (Å²) >= 11 is 13.3. The fraction of sp³-hybridized carbons (Fsp3) is 0.0769. The lowest BCUT2D eigenvalue weighted by Crippen LogP contribution is -2.01. The van der Waals surface area contributed by atoms with Gasteiger partial charge in [-0.15, -0.1) is 0 Å². The number of aromatic hydroxyl groups is 2. The predicted octanol–water partition coefficient (Wildman–Crippen LogP) is 4.02. The van der Waals surface area contributed by atoms with E-state index < -0.39 is 0 Å². The maximum atomic E-state index is 9.49. The Morgan fingerprint density at radius 1 is 1.00 bits per heavy atom. The van der Waals surface area contributed by atoms with E-state index >= 15 is 0 Å². The molecule has 0 aliphatic rings. The largest absolute Gasteiger partial charge is 0.504 e. The summed E-state index contributed by atoms with van der Waals surface area (Å²) in [6, 6.07) is 6.21. The van der Waals surface area contributed by atoms with E-state index in [4.69, 9.17) is 23.2 Å². The van der Waals surface area contributed by atoms with Crippen molar-refractivity contribution in [2.45, 2.75) is 6.54 Å². The minimum Gasteiger partial charge on any atom is -0.504 e. The van der Waals surface area contributed by atoms with Gasteiger partial charge in [-0.05, 0) is 23.8 Å². The Balaban J connectivity index is 1.91. The molecule has 8 heteroatoms. The summed E-state index contributed by atoms with van der Waals surface area (Å²) in [5.41, 5.74) is 2.63. The van der Waals surface area contributed by atoms with Crippen molar-refractivity contribution in [3.63, 3.8) is 0 Å². The van der Waals surface area contributed by atoms with Gasteiger partial charge in [-0.1, -0.05) is 29.3 Å². The first kappa shape index (κ1) is 14.2. The fourth-order valence-corrected chi connectivity index (χ4v) is 3.09. The number of hydrogen-bond acceptors (Lipinski definition) is 6. The molecule has 0 saturated heterocycles. The Labute approximate surface area is 134 Å². The number of hydrogen-bond donors (Lipinski definition) is 3. The molecule has 5 nitrogen and oxygen atoms in total. The average Bonchev–Trinajstić information content (AvgIpc) is 2.92. The first-order chi connectivity index (χ1) is 10.1. The number of benzene rings is 2. The van der Waals surface area contributed by atoms with Crippen molar-refractivity contribution in [1.29, 1.82) is 0 Å². The Bertz CT molecular complexity index is 823. The smallest absolute Gasteiger partial charge is 0.157 e. The van der Waals surface area contributed by atoms with E-state index in [0.717, 1.165) is 17.3 Å². The molecule has 0 aliphatic carbocycles. The number of rotatable bonds is 3. The van der Waals surface area contributed by atoms with E-state index in [1.54, 1.807) is 12.1 Å². The van der Waals surface area contributed by atoms with Gasteiger partial charge < -0.3 is 15.5 Å². The van der Waals surface area contributed by atoms with Crippen LogP contribution in [0, 0.1) is 0 Å². The second kappa shape index (κ2) is 5.55. The zero-order valence-corrected chi connectivity index (χ0v) is 12.8. The molecule has 0 spiro atoms. The third-order valence-electron chi connectivity index (χ3n) is 2.95. The first-order valence-corrected chi connectivity index (χ1v) is 7.40. The van der Waals surface area contributed by atoms with Crippen LogP contribution in [-0.4, -0.2) is 19.0 Å². The second-order valence-corrected chi connectivity index (χ2v) is 5.70. The van der Waals surface area contributed by atoms with Crippen LogP contribution in [0.25, 0.3) is 11.0 Å². The maximum Gasteiger partial charge on any atom is 0.157 e. The molecule has 0 amide bonds. The molecular weight excluding hydrogens is 333 g/mol. The molecule has 2 aromatic carbocycles. The van der Waals surface area contributed by atoms with Gasteiger partial charge in [0.15, 0.2) is 11.5 Å². The van der Waals surface area contributed by atoms with Crippen LogP contribution in [0.3, 0.4) is 0 Å². The Hall–Kier alpha value is -1.76. The summed E-state index contributed by atoms with van der Waals surface area (Å²) in [6.07, 6.45) is 0. The van der Waals surface area contributed by atoms with Gasteiger partial charge in [0.1, 0.15) is 11.0 Å². The van der Waals surface area contributed by atoms with Crippen LogP contribution >= 0.6 is 34.9 Å². The van der Waals surface area contributed by atoms with Gasteiger partial charge in [-0.2, -0.15) is 8.75 Å². The minimum atomic E-state index is -0.169. The SMILES string of the molecule is Oc1ccc(CNc2c(Cl)cc(Cl)c3nsnc23)cc1O. The maximum absolute atomic E-state index is 9.49. The zero-order valence-electron chi connectivity index (χ0n) is 10.5. The molecule has 0 saturated carbocycles. The molecule has 3 aromatic rings. The van der Waals surface area contributed by atoms with Gasteiger partial charge in [-0.25, -0.2) is 0 Å². The highest BCUT2D eigenvalue weighted by Crippen LogP contribution is 2.35. The Kier molecular flexibility index (Phi) is 3.75. The molecule has 21 heavy (non-hydrogen) atoms. The first-order valence-electron chi connectivity index (χ1n) is 5.91. The van der Waals surface area contributed by atoms with Gasteiger partial charge in [0.05, 0.1) is 27.5 Å². The molecule has 0 aliphatic heterocycles. The highest BCUT2D eigenvalue weighted by atomic mass is 35.5. The number of anilines is 1. The molecular formula is C13H9Cl2N3O2S. The predicted molar refractivity (Wildman–Crippen MR) is 84.5 cm³/mol. The molecule has 3 rings (SSSR count). The standard InChI is InChI=1S/C13H9Cl2N3O2S/c14-7-4-8(15)12-13(18-21-17-12)11(7)16-5-6-1-2-9(19)10(20)3-6/h1-4,16,19-20H,5H2. The van der Waals surface area contributed by atoms with E-state index in [9.17, 15) is 10.2 Å². The third-order valence-corrected chi connectivity index (χ3v) is 4.07. The van der Waals surface area contributed by atoms with Crippen LogP contribution in [0.4, 0.5) is 5.69 Å². The van der Waals surface area contributed by atoms with Gasteiger partial charge in [0, 0.05) is 6.54 Å². The highest BCUT2D eigenvalue weighted by molar-refractivity contribution is 7.00. The van der Waals surface area contributed by atoms with E-state index in [2.05, 4.69) is 14.1 Å². The fourth-order valence-electron chi connectivity index (χ4n) is 1.91. The van der Waals surface area contributed by atoms with E-state index in [0.29, 0.717) is 33.3 Å². The molecule has 0 fully saturated rings. The molecule has 1 heterocycles. The topological polar surface area (TPSA) is 78.3 Å². The lowest BCUT2D eigenvalue weighted by atomic mass is 10.2. The summed E-state index contributed by atoms with van der Waals surface area (Å²) in [7, 11) is 0. The molecule has 108 valence electrons. The highest BCUT2D eigenvalue weighted by Gasteiger charge is 2.14. The summed E-state index contributed by atoms with van der Waals surface area (Å²) < 4.78 is 8.32. The summed E-state index contributed by atoms with van der Waals surface area (Å²) in [4.78, 5) is 0. The Morgan fingerprint density at radius 2 is 1.76 bits per heavy atom. The second-order valence-electron chi connectivity index (χ2n) is 4.35. The zero-order chi connectivity index (χ0) is 15.0. The molecule has 0 atom stereocenters. The van der Waals surface area contributed by atoms with Crippen LogP contribution in [-0.2, 0) is 6.54 Å². The number of halogens is 2. The van der Waals surface area contributed by atoms with E-state index in [1.165, 1.54) is 12.1 Å². The van der Waals surface area contributed by atoms with Crippen LogP contribution in [0.1, 0.15) is 5.56 Å². The van der Waals surface area contributed by atoms with Crippen molar-refractivity contribution in [2.75, 3.05) is 5.32 Å². The number of phenolic OH excluding ortho intramolecular Hbond substituents is 2. The van der Waals surface area contributed by atoms with E-state index in [-0.39, 0.29) is 11.5 Å². The van der Waals surface area contributed by atoms with Crippen LogP contribution < -0.4 is 5.32 Å². The summed E-state index contributed by atoms with van der Waals surface area (Å²) in [5, 5.41) is 22.8. The number of fused-ring (bicyclic) bond motifs is 1. The lowest BCUT2D eigenvalue weighted by Gasteiger charge is -2.10. The normalized spacial score (nSPS) is 11.0. The average molecular weight is 342 g/mol. The van der Waals surface area contributed by atoms with Crippen molar-refractivity contribution in [3.05, 3.63) is 39.9 Å². The third kappa shape index (κ3) is 2.70. The van der Waals surface area contributed by atoms with Gasteiger partial charge in [-0.3, -0.25) is 0 Å². The van der Waals surface area contributed by atoms with Crippen LogP contribution in [0.2, 0.25) is 10.0 Å². The monoisotopic (exact) mass is 341 g/mol. The van der Waals surface area contributed by atoms with Crippen molar-refractivity contribution in [3.8, 4) is 11.5 Å². The van der Waals surface area contributed by atoms with Gasteiger partial charge >= 0.3 is 0 Å².